The predicted octanol–water partition coefficient (Wildman–Crippen LogP) is 4.05. The number of pyridine rings is 1. The average molecular weight is 318 g/mol. The molecule has 0 spiro atoms. The van der Waals surface area contributed by atoms with Crippen molar-refractivity contribution in [2.45, 2.75) is 31.1 Å². The highest BCUT2D eigenvalue weighted by Gasteiger charge is 2.58. The van der Waals surface area contributed by atoms with E-state index in [0.717, 1.165) is 52.4 Å². The molecule has 0 saturated heterocycles. The number of fused-ring (bicyclic) bond motifs is 2. The Kier molecular flexibility index (Phi) is 2.21. The van der Waals surface area contributed by atoms with Crippen molar-refractivity contribution in [3.05, 3.63) is 47.7 Å². The molecule has 2 aromatic heterocycles. The second kappa shape index (κ2) is 4.12. The fraction of sp³-hybridized carbons (Fsp3) is 0.350. The van der Waals surface area contributed by atoms with E-state index >= 15 is 0 Å². The summed E-state index contributed by atoms with van der Waals surface area (Å²) in [5.74, 6) is 2.78. The van der Waals surface area contributed by atoms with Crippen LogP contribution in [0.5, 0.6) is 11.8 Å². The molecule has 2 heterocycles. The van der Waals surface area contributed by atoms with Crippen molar-refractivity contribution in [2.75, 3.05) is 0 Å². The molecule has 4 nitrogen and oxygen atoms in total. The standard InChI is InChI=1S/C20H18N2O2/c23-19-17-10-6-7-11(14-9-13(10)14)18(17)20(24)22(19)16-5-1-4-15-12(16)3-2-8-21-15/h1-5,8,10-11,13-14,23-24H,6-7,9H2/t10-,11+,13+,14-. The predicted molar refractivity (Wildman–Crippen MR) is 90.7 cm³/mol. The first kappa shape index (κ1) is 12.9. The summed E-state index contributed by atoms with van der Waals surface area (Å²) in [5.41, 5.74) is 3.70. The van der Waals surface area contributed by atoms with Crippen LogP contribution < -0.4 is 0 Å². The Morgan fingerprint density at radius 3 is 2.33 bits per heavy atom. The maximum absolute atomic E-state index is 11.0. The molecule has 0 unspecified atom stereocenters. The number of aromatic hydroxyl groups is 2. The highest BCUT2D eigenvalue weighted by Crippen LogP contribution is 2.70. The van der Waals surface area contributed by atoms with Crippen molar-refractivity contribution in [3.63, 3.8) is 0 Å². The molecule has 1 aromatic carbocycles. The van der Waals surface area contributed by atoms with E-state index in [1.165, 1.54) is 6.42 Å². The third-order valence-corrected chi connectivity index (χ3v) is 6.51. The average Bonchev–Trinajstić information content (AvgIpc) is 3.39. The highest BCUT2D eigenvalue weighted by molar-refractivity contribution is 5.88. The van der Waals surface area contributed by atoms with Gasteiger partial charge in [-0.1, -0.05) is 6.07 Å². The monoisotopic (exact) mass is 318 g/mol. The number of hydrogen-bond donors (Lipinski definition) is 2. The summed E-state index contributed by atoms with van der Waals surface area (Å²) in [4.78, 5) is 4.39. The highest BCUT2D eigenvalue weighted by atomic mass is 16.3. The van der Waals surface area contributed by atoms with Gasteiger partial charge in [-0.25, -0.2) is 0 Å². The quantitative estimate of drug-likeness (QED) is 0.712. The van der Waals surface area contributed by atoms with E-state index in [9.17, 15) is 10.2 Å². The lowest BCUT2D eigenvalue weighted by molar-refractivity contribution is 0.322. The van der Waals surface area contributed by atoms with Crippen molar-refractivity contribution in [2.24, 2.45) is 11.8 Å². The van der Waals surface area contributed by atoms with Gasteiger partial charge in [0.05, 0.1) is 11.2 Å². The number of rotatable bonds is 1. The van der Waals surface area contributed by atoms with Crippen LogP contribution in [0.25, 0.3) is 16.6 Å². The Balaban J connectivity index is 1.66. The van der Waals surface area contributed by atoms with Crippen LogP contribution in [0, 0.1) is 11.8 Å². The molecule has 2 saturated carbocycles. The van der Waals surface area contributed by atoms with Gasteiger partial charge in [-0.15, -0.1) is 0 Å². The Morgan fingerprint density at radius 2 is 1.62 bits per heavy atom. The second-order valence-corrected chi connectivity index (χ2v) is 7.51. The molecule has 0 radical (unpaired) electrons. The zero-order chi connectivity index (χ0) is 16.0. The summed E-state index contributed by atoms with van der Waals surface area (Å²) in [6, 6.07) is 9.70. The van der Waals surface area contributed by atoms with Gasteiger partial charge in [-0.2, -0.15) is 0 Å². The zero-order valence-electron chi connectivity index (χ0n) is 13.2. The lowest BCUT2D eigenvalue weighted by Crippen LogP contribution is -2.22. The van der Waals surface area contributed by atoms with E-state index in [1.807, 2.05) is 30.3 Å². The molecule has 0 amide bonds. The fourth-order valence-corrected chi connectivity index (χ4v) is 5.49. The fourth-order valence-electron chi connectivity index (χ4n) is 5.49. The summed E-state index contributed by atoms with van der Waals surface area (Å²) in [5, 5.41) is 23.0. The Bertz CT molecular complexity index is 962. The van der Waals surface area contributed by atoms with E-state index in [2.05, 4.69) is 4.98 Å². The molecular formula is C20H18N2O2. The minimum absolute atomic E-state index is 0.235. The largest absolute Gasteiger partial charge is 0.494 e. The molecule has 120 valence electrons. The lowest BCUT2D eigenvalue weighted by Gasteiger charge is -2.35. The van der Waals surface area contributed by atoms with Gasteiger partial charge in [0, 0.05) is 22.7 Å². The normalized spacial score (nSPS) is 29.5. The molecule has 2 fully saturated rings. The zero-order valence-corrected chi connectivity index (χ0v) is 13.2. The Hall–Kier alpha value is -2.49. The van der Waals surface area contributed by atoms with Crippen LogP contribution >= 0.6 is 0 Å². The molecule has 4 atom stereocenters. The molecular weight excluding hydrogens is 300 g/mol. The van der Waals surface area contributed by atoms with Gasteiger partial charge >= 0.3 is 0 Å². The molecule has 2 N–H and O–H groups in total. The van der Waals surface area contributed by atoms with Crippen molar-refractivity contribution < 1.29 is 10.2 Å². The van der Waals surface area contributed by atoms with E-state index < -0.39 is 0 Å². The minimum atomic E-state index is 0.235. The molecule has 4 aliphatic carbocycles. The maximum atomic E-state index is 11.0. The molecule has 0 aliphatic heterocycles. The summed E-state index contributed by atoms with van der Waals surface area (Å²) in [7, 11) is 0. The van der Waals surface area contributed by atoms with Crippen LogP contribution in [0.3, 0.4) is 0 Å². The summed E-state index contributed by atoms with van der Waals surface area (Å²) in [6.07, 6.45) is 5.32. The second-order valence-electron chi connectivity index (χ2n) is 7.51. The van der Waals surface area contributed by atoms with Crippen LogP contribution in [-0.4, -0.2) is 19.8 Å². The minimum Gasteiger partial charge on any atom is -0.494 e. The Morgan fingerprint density at radius 1 is 0.917 bits per heavy atom. The number of benzene rings is 1. The van der Waals surface area contributed by atoms with Crippen molar-refractivity contribution in [1.82, 2.24) is 9.55 Å². The van der Waals surface area contributed by atoms with E-state index in [0.29, 0.717) is 11.8 Å². The molecule has 3 aromatic rings. The van der Waals surface area contributed by atoms with Gasteiger partial charge in [-0.3, -0.25) is 9.55 Å². The van der Waals surface area contributed by atoms with E-state index in [4.69, 9.17) is 0 Å². The summed E-state index contributed by atoms with van der Waals surface area (Å²) >= 11 is 0. The van der Waals surface area contributed by atoms with Crippen molar-refractivity contribution >= 4 is 10.9 Å². The Labute approximate surface area is 139 Å². The molecule has 7 rings (SSSR count). The summed E-state index contributed by atoms with van der Waals surface area (Å²) < 4.78 is 1.64. The first-order valence-electron chi connectivity index (χ1n) is 8.76. The van der Waals surface area contributed by atoms with Crippen LogP contribution in [-0.2, 0) is 0 Å². The smallest absolute Gasteiger partial charge is 0.202 e. The van der Waals surface area contributed by atoms with Crippen LogP contribution in [0.15, 0.2) is 36.5 Å². The van der Waals surface area contributed by atoms with Crippen LogP contribution in [0.4, 0.5) is 0 Å². The van der Waals surface area contributed by atoms with Crippen molar-refractivity contribution in [3.8, 4) is 17.4 Å². The lowest BCUT2D eigenvalue weighted by atomic mass is 9.68. The molecule has 24 heavy (non-hydrogen) atoms. The van der Waals surface area contributed by atoms with Gasteiger partial charge in [0.1, 0.15) is 0 Å². The number of nitrogens with zero attached hydrogens (tertiary/aromatic N) is 2. The van der Waals surface area contributed by atoms with E-state index in [1.54, 1.807) is 10.8 Å². The molecule has 2 bridgehead atoms. The van der Waals surface area contributed by atoms with Gasteiger partial charge in [-0.05, 0) is 67.2 Å². The van der Waals surface area contributed by atoms with Crippen molar-refractivity contribution in [1.29, 1.82) is 0 Å². The van der Waals surface area contributed by atoms with Crippen LogP contribution in [0.1, 0.15) is 42.2 Å². The van der Waals surface area contributed by atoms with Crippen LogP contribution in [0.2, 0.25) is 0 Å². The topological polar surface area (TPSA) is 58.3 Å². The summed E-state index contributed by atoms with van der Waals surface area (Å²) in [6.45, 7) is 0. The number of hydrogen-bond acceptors (Lipinski definition) is 3. The third-order valence-electron chi connectivity index (χ3n) is 6.51. The molecule has 4 heteroatoms. The van der Waals surface area contributed by atoms with Gasteiger partial charge in [0.2, 0.25) is 11.8 Å². The number of aromatic nitrogens is 2. The van der Waals surface area contributed by atoms with E-state index in [-0.39, 0.29) is 11.8 Å². The first-order chi connectivity index (χ1) is 11.8. The van der Waals surface area contributed by atoms with Gasteiger partial charge in [0.15, 0.2) is 0 Å². The SMILES string of the molecule is Oc1c2c(c(O)n1-c1cccc3ncccc13)[C@@H]1CC[C@H]2[C@H]2C[C@H]21. The van der Waals surface area contributed by atoms with Gasteiger partial charge < -0.3 is 10.2 Å². The maximum Gasteiger partial charge on any atom is 0.202 e. The van der Waals surface area contributed by atoms with Gasteiger partial charge in [0.25, 0.3) is 0 Å². The third kappa shape index (κ3) is 1.38. The first-order valence-corrected chi connectivity index (χ1v) is 8.76. The molecule has 4 aliphatic rings.